The van der Waals surface area contributed by atoms with Gasteiger partial charge in [-0.25, -0.2) is 14.4 Å². The lowest BCUT2D eigenvalue weighted by molar-refractivity contribution is 0.371. The molecule has 2 aliphatic heterocycles. The molecule has 210 valence electrons. The third kappa shape index (κ3) is 6.25. The summed E-state index contributed by atoms with van der Waals surface area (Å²) in [6.45, 7) is 3.52. The lowest BCUT2D eigenvalue weighted by atomic mass is 9.88. The molecule has 2 aliphatic rings. The third-order valence-corrected chi connectivity index (χ3v) is 7.65. The normalized spacial score (nSPS) is 15.6. The van der Waals surface area contributed by atoms with E-state index in [2.05, 4.69) is 30.8 Å². The number of hydrogen-bond donors (Lipinski definition) is 2. The van der Waals surface area contributed by atoms with E-state index in [0.29, 0.717) is 41.6 Å². The first-order valence-corrected chi connectivity index (χ1v) is 14.0. The fraction of sp³-hybridized carbons (Fsp3) is 0.312. The predicted octanol–water partition coefficient (Wildman–Crippen LogP) is 6.93. The van der Waals surface area contributed by atoms with Gasteiger partial charge in [0.25, 0.3) is 0 Å². The van der Waals surface area contributed by atoms with Crippen LogP contribution in [-0.2, 0) is 12.8 Å². The molecule has 2 N–H and O–H groups in total. The second-order valence-corrected chi connectivity index (χ2v) is 10.7. The smallest absolute Gasteiger partial charge is 0.150 e. The van der Waals surface area contributed by atoms with Crippen molar-refractivity contribution in [1.29, 1.82) is 0 Å². The van der Waals surface area contributed by atoms with Crippen molar-refractivity contribution < 1.29 is 13.5 Å². The molecule has 41 heavy (non-hydrogen) atoms. The Balaban J connectivity index is 1.23. The molecule has 0 saturated carbocycles. The first-order valence-electron chi connectivity index (χ1n) is 14.0. The van der Waals surface area contributed by atoms with Crippen LogP contribution in [0, 0.1) is 11.7 Å². The van der Waals surface area contributed by atoms with Crippen molar-refractivity contribution in [2.45, 2.75) is 39.0 Å². The van der Waals surface area contributed by atoms with Gasteiger partial charge in [-0.05, 0) is 92.7 Å². The van der Waals surface area contributed by atoms with Gasteiger partial charge in [-0.15, -0.1) is 0 Å². The Kier molecular flexibility index (Phi) is 7.95. The Morgan fingerprint density at radius 1 is 0.976 bits per heavy atom. The summed E-state index contributed by atoms with van der Waals surface area (Å²) in [7, 11) is 0. The molecule has 1 saturated heterocycles. The number of ether oxygens (including phenoxy) is 1. The summed E-state index contributed by atoms with van der Waals surface area (Å²) in [5.74, 6) is 1.53. The fourth-order valence-electron chi connectivity index (χ4n) is 5.49. The Labute approximate surface area is 237 Å². The second-order valence-electron chi connectivity index (χ2n) is 10.7. The number of alkyl halides is 1. The van der Waals surface area contributed by atoms with E-state index in [1.165, 1.54) is 12.4 Å². The van der Waals surface area contributed by atoms with Crippen molar-refractivity contribution in [2.75, 3.05) is 25.1 Å². The molecule has 6 rings (SSSR count). The van der Waals surface area contributed by atoms with Crippen molar-refractivity contribution in [1.82, 2.24) is 15.3 Å². The lowest BCUT2D eigenvalue weighted by Crippen LogP contribution is -2.28. The average molecular weight is 555 g/mol. The molecule has 4 aromatic rings. The SMILES string of the molecule is CC1=NN=C(c2cccc(Oc3ccc(Nc4ncnc5cc(CCF)c(CC6CCNCC6)cc45)c(F)c3)c2)C1. The van der Waals surface area contributed by atoms with Crippen LogP contribution < -0.4 is 15.4 Å². The van der Waals surface area contributed by atoms with Gasteiger partial charge < -0.3 is 15.4 Å². The number of fused-ring (bicyclic) bond motifs is 1. The topological polar surface area (TPSA) is 83.8 Å². The molecule has 9 heteroatoms. The Morgan fingerprint density at radius 3 is 2.61 bits per heavy atom. The van der Waals surface area contributed by atoms with E-state index >= 15 is 4.39 Å². The van der Waals surface area contributed by atoms with Crippen LogP contribution in [0.4, 0.5) is 20.3 Å². The Bertz CT molecular complexity index is 1630. The molecule has 0 atom stereocenters. The monoisotopic (exact) mass is 554 g/mol. The minimum atomic E-state index is -0.474. The van der Waals surface area contributed by atoms with Crippen LogP contribution >= 0.6 is 0 Å². The maximum atomic E-state index is 15.3. The summed E-state index contributed by atoms with van der Waals surface area (Å²) in [6, 6.07) is 16.2. The van der Waals surface area contributed by atoms with E-state index in [-0.39, 0.29) is 5.69 Å². The zero-order valence-electron chi connectivity index (χ0n) is 23.0. The highest BCUT2D eigenvalue weighted by Gasteiger charge is 2.18. The van der Waals surface area contributed by atoms with E-state index in [1.54, 1.807) is 12.1 Å². The Morgan fingerprint density at radius 2 is 1.83 bits per heavy atom. The van der Waals surface area contributed by atoms with Gasteiger partial charge in [0.05, 0.1) is 23.6 Å². The number of aromatic nitrogens is 2. The number of nitrogens with zero attached hydrogens (tertiary/aromatic N) is 4. The van der Waals surface area contributed by atoms with Crippen LogP contribution in [0.2, 0.25) is 0 Å². The summed E-state index contributed by atoms with van der Waals surface area (Å²) in [4.78, 5) is 8.85. The van der Waals surface area contributed by atoms with Gasteiger partial charge in [0, 0.05) is 35.6 Å². The molecule has 0 unspecified atom stereocenters. The van der Waals surface area contributed by atoms with Crippen molar-refractivity contribution in [3.05, 3.63) is 83.4 Å². The molecule has 0 amide bonds. The average Bonchev–Trinajstić information content (AvgIpc) is 3.42. The zero-order chi connectivity index (χ0) is 28.2. The summed E-state index contributed by atoms with van der Waals surface area (Å²) < 4.78 is 34.7. The maximum absolute atomic E-state index is 15.3. The van der Waals surface area contributed by atoms with Gasteiger partial charge in [-0.2, -0.15) is 10.2 Å². The van der Waals surface area contributed by atoms with E-state index in [0.717, 1.165) is 65.9 Å². The summed E-state index contributed by atoms with van der Waals surface area (Å²) >= 11 is 0. The van der Waals surface area contributed by atoms with Crippen LogP contribution in [0.15, 0.2) is 71.1 Å². The van der Waals surface area contributed by atoms with E-state index in [1.807, 2.05) is 43.3 Å². The fourth-order valence-corrected chi connectivity index (χ4v) is 5.49. The molecule has 7 nitrogen and oxygen atoms in total. The number of anilines is 2. The molecule has 0 spiro atoms. The summed E-state index contributed by atoms with van der Waals surface area (Å²) in [5.41, 5.74) is 5.82. The number of rotatable bonds is 9. The van der Waals surface area contributed by atoms with Gasteiger partial charge >= 0.3 is 0 Å². The van der Waals surface area contributed by atoms with Crippen molar-refractivity contribution >= 4 is 33.8 Å². The van der Waals surface area contributed by atoms with Crippen molar-refractivity contribution in [3.8, 4) is 11.5 Å². The quantitative estimate of drug-likeness (QED) is 0.234. The number of hydrogen-bond acceptors (Lipinski definition) is 7. The molecule has 1 aromatic heterocycles. The number of halogens is 2. The minimum absolute atomic E-state index is 0.270. The zero-order valence-corrected chi connectivity index (χ0v) is 23.0. The second kappa shape index (κ2) is 12.1. The third-order valence-electron chi connectivity index (χ3n) is 7.65. The van der Waals surface area contributed by atoms with Gasteiger partial charge in [-0.3, -0.25) is 4.39 Å². The molecule has 3 aromatic carbocycles. The number of benzene rings is 3. The highest BCUT2D eigenvalue weighted by Crippen LogP contribution is 2.32. The molecule has 1 fully saturated rings. The highest BCUT2D eigenvalue weighted by atomic mass is 19.1. The molecular formula is C32H32F2N6O. The summed E-state index contributed by atoms with van der Waals surface area (Å²) in [5, 5.41) is 15.7. The molecule has 0 aliphatic carbocycles. The largest absolute Gasteiger partial charge is 0.457 e. The van der Waals surface area contributed by atoms with Crippen LogP contribution in [0.25, 0.3) is 10.9 Å². The standard InChI is InChI=1S/C32H32F2N6O/c1-20-13-30(40-39-20)23-3-2-4-25(15-23)41-26-5-6-29(28(34)18-26)38-32-27-16-24(14-21-8-11-35-12-9-21)22(7-10-33)17-31(27)36-19-37-32/h2-6,15-19,21,35H,7-14H2,1H3,(H,36,37,38). The maximum Gasteiger partial charge on any atom is 0.150 e. The van der Waals surface area contributed by atoms with Crippen molar-refractivity contribution in [2.24, 2.45) is 16.1 Å². The molecule has 0 radical (unpaired) electrons. The predicted molar refractivity (Wildman–Crippen MR) is 159 cm³/mol. The number of aryl methyl sites for hydroxylation is 1. The summed E-state index contributed by atoms with van der Waals surface area (Å²) in [6.07, 6.45) is 5.56. The first kappa shape index (κ1) is 27.0. The highest BCUT2D eigenvalue weighted by molar-refractivity contribution is 6.14. The van der Waals surface area contributed by atoms with Crippen LogP contribution in [0.3, 0.4) is 0 Å². The molecular weight excluding hydrogens is 522 g/mol. The van der Waals surface area contributed by atoms with Gasteiger partial charge in [0.2, 0.25) is 0 Å². The van der Waals surface area contributed by atoms with Gasteiger partial charge in [0.1, 0.15) is 29.5 Å². The molecule has 0 bridgehead atoms. The van der Waals surface area contributed by atoms with E-state index in [9.17, 15) is 4.39 Å². The first-order chi connectivity index (χ1) is 20.1. The van der Waals surface area contributed by atoms with Crippen LogP contribution in [0.1, 0.15) is 42.9 Å². The van der Waals surface area contributed by atoms with Crippen LogP contribution in [0.5, 0.6) is 11.5 Å². The van der Waals surface area contributed by atoms with Crippen molar-refractivity contribution in [3.63, 3.8) is 0 Å². The minimum Gasteiger partial charge on any atom is -0.457 e. The number of piperidine rings is 1. The van der Waals surface area contributed by atoms with Gasteiger partial charge in [0.15, 0.2) is 0 Å². The van der Waals surface area contributed by atoms with E-state index < -0.39 is 12.5 Å². The Hall–Kier alpha value is -4.24. The molecule has 3 heterocycles. The van der Waals surface area contributed by atoms with Gasteiger partial charge in [-0.1, -0.05) is 12.1 Å². The van der Waals surface area contributed by atoms with E-state index in [4.69, 9.17) is 4.74 Å². The number of nitrogens with one attached hydrogen (secondary N) is 2. The van der Waals surface area contributed by atoms with Crippen LogP contribution in [-0.4, -0.2) is 41.2 Å². The lowest BCUT2D eigenvalue weighted by Gasteiger charge is -2.24.